The first-order chi connectivity index (χ1) is 16.4. The maximum absolute atomic E-state index is 12.7. The first-order valence-corrected chi connectivity index (χ1v) is 11.1. The minimum atomic E-state index is -1.41. The summed E-state index contributed by atoms with van der Waals surface area (Å²) in [5.41, 5.74) is 7.83. The molecule has 4 atom stereocenters. The Morgan fingerprint density at radius 3 is 2.79 bits per heavy atom. The summed E-state index contributed by atoms with van der Waals surface area (Å²) < 4.78 is 14.4. The molecule has 3 aromatic rings. The topological polar surface area (TPSA) is 166 Å². The highest BCUT2D eigenvalue weighted by Gasteiger charge is 2.47. The van der Waals surface area contributed by atoms with Crippen molar-refractivity contribution in [3.63, 3.8) is 0 Å². The SMILES string of the molecule is Cn1ccc(-c2cn([C@@H]3O[C@H](C(=O)NCCN4CCOCC4)[C@@H](O)[C@H]3O)c3ncnc(N)c23)n1. The van der Waals surface area contributed by atoms with E-state index in [0.29, 0.717) is 48.6 Å². The fourth-order valence-corrected chi connectivity index (χ4v) is 4.42. The summed E-state index contributed by atoms with van der Waals surface area (Å²) in [5, 5.41) is 29.2. The number of nitrogens with two attached hydrogens (primary N) is 1. The number of hydrogen-bond acceptors (Lipinski definition) is 10. The van der Waals surface area contributed by atoms with Crippen LogP contribution in [0, 0.1) is 0 Å². The van der Waals surface area contributed by atoms with Crippen LogP contribution in [0.5, 0.6) is 0 Å². The number of nitrogen functional groups attached to an aromatic ring is 1. The van der Waals surface area contributed by atoms with Crippen molar-refractivity contribution < 1.29 is 24.5 Å². The second-order valence-corrected chi connectivity index (χ2v) is 8.46. The van der Waals surface area contributed by atoms with Gasteiger partial charge in [-0.25, -0.2) is 9.97 Å². The van der Waals surface area contributed by atoms with Gasteiger partial charge in [-0.15, -0.1) is 0 Å². The number of fused-ring (bicyclic) bond motifs is 1. The van der Waals surface area contributed by atoms with E-state index in [0.717, 1.165) is 13.1 Å². The Kier molecular flexibility index (Phi) is 6.18. The Morgan fingerprint density at radius 2 is 2.06 bits per heavy atom. The van der Waals surface area contributed by atoms with E-state index in [9.17, 15) is 15.0 Å². The molecule has 0 bridgehead atoms. The van der Waals surface area contributed by atoms with Gasteiger partial charge in [-0.2, -0.15) is 5.10 Å². The van der Waals surface area contributed by atoms with Gasteiger partial charge in [0.05, 0.1) is 24.3 Å². The molecule has 13 nitrogen and oxygen atoms in total. The molecule has 2 fully saturated rings. The Morgan fingerprint density at radius 1 is 1.26 bits per heavy atom. The molecule has 5 N–H and O–H groups in total. The maximum Gasteiger partial charge on any atom is 0.252 e. The van der Waals surface area contributed by atoms with Crippen molar-refractivity contribution in [2.45, 2.75) is 24.5 Å². The van der Waals surface area contributed by atoms with Crippen LogP contribution in [-0.2, 0) is 21.3 Å². The molecule has 2 aliphatic rings. The zero-order valence-corrected chi connectivity index (χ0v) is 18.7. The summed E-state index contributed by atoms with van der Waals surface area (Å²) >= 11 is 0. The van der Waals surface area contributed by atoms with Crippen molar-refractivity contribution in [1.82, 2.24) is 34.5 Å². The molecule has 0 saturated carbocycles. The summed E-state index contributed by atoms with van der Waals surface area (Å²) in [5.74, 6) is -0.243. The number of aryl methyl sites for hydroxylation is 1. The van der Waals surface area contributed by atoms with Gasteiger partial charge in [0.25, 0.3) is 5.91 Å². The predicted octanol–water partition coefficient (Wildman–Crippen LogP) is -1.52. The highest BCUT2D eigenvalue weighted by Crippen LogP contribution is 2.37. The number of morpholine rings is 1. The molecule has 0 spiro atoms. The second-order valence-electron chi connectivity index (χ2n) is 8.46. The van der Waals surface area contributed by atoms with E-state index >= 15 is 0 Å². The molecule has 0 radical (unpaired) electrons. The van der Waals surface area contributed by atoms with Crippen molar-refractivity contribution in [3.8, 4) is 11.3 Å². The van der Waals surface area contributed by atoms with Crippen molar-refractivity contribution in [1.29, 1.82) is 0 Å². The van der Waals surface area contributed by atoms with Gasteiger partial charge < -0.3 is 35.3 Å². The molecule has 2 saturated heterocycles. The molecule has 13 heteroatoms. The first kappa shape index (κ1) is 22.7. The molecular weight excluding hydrogens is 444 g/mol. The minimum absolute atomic E-state index is 0.245. The van der Waals surface area contributed by atoms with Crippen LogP contribution in [0.1, 0.15) is 6.23 Å². The number of hydrogen-bond donors (Lipinski definition) is 4. The molecule has 3 aromatic heterocycles. The van der Waals surface area contributed by atoms with Crippen molar-refractivity contribution in [3.05, 3.63) is 24.8 Å². The number of aromatic nitrogens is 5. The average Bonchev–Trinajstić information content (AvgIpc) is 3.51. The zero-order chi connectivity index (χ0) is 23.8. The van der Waals surface area contributed by atoms with E-state index < -0.39 is 30.4 Å². The number of anilines is 1. The molecule has 0 aliphatic carbocycles. The minimum Gasteiger partial charge on any atom is -0.387 e. The standard InChI is InChI=1S/C21H28N8O5/c1-27-4-2-13(26-27)12-10-29(19-14(12)18(22)24-11-25-19)21-16(31)15(30)17(34-21)20(32)23-3-5-28-6-8-33-9-7-28/h2,4,10-11,15-17,21,30-31H,3,5-9H2,1H3,(H,23,32)(H2,22,24,25)/t15-,16+,17-,21+/m0/s1. The van der Waals surface area contributed by atoms with Gasteiger partial charge >= 0.3 is 0 Å². The lowest BCUT2D eigenvalue weighted by Gasteiger charge is -2.26. The van der Waals surface area contributed by atoms with Gasteiger partial charge in [0, 0.05) is 51.2 Å². The van der Waals surface area contributed by atoms with E-state index in [1.807, 2.05) is 6.07 Å². The number of aliphatic hydroxyl groups excluding tert-OH is 2. The quantitative estimate of drug-likeness (QED) is 0.331. The molecular formula is C21H28N8O5. The van der Waals surface area contributed by atoms with Crippen LogP contribution in [0.4, 0.5) is 5.82 Å². The molecule has 1 amide bonds. The van der Waals surface area contributed by atoms with E-state index in [-0.39, 0.29) is 5.82 Å². The van der Waals surface area contributed by atoms with Crippen LogP contribution in [-0.4, -0.2) is 103 Å². The Bertz CT molecular complexity index is 1170. The number of nitrogens with zero attached hydrogens (tertiary/aromatic N) is 6. The zero-order valence-electron chi connectivity index (χ0n) is 18.7. The Balaban J connectivity index is 1.36. The van der Waals surface area contributed by atoms with Gasteiger partial charge in [0.2, 0.25) is 0 Å². The van der Waals surface area contributed by atoms with Gasteiger partial charge in [-0.05, 0) is 6.07 Å². The Labute approximate surface area is 195 Å². The molecule has 5 rings (SSSR count). The number of carbonyl (C=O) groups excluding carboxylic acids is 1. The van der Waals surface area contributed by atoms with E-state index in [1.165, 1.54) is 6.33 Å². The predicted molar refractivity (Wildman–Crippen MR) is 120 cm³/mol. The molecule has 0 unspecified atom stereocenters. The van der Waals surface area contributed by atoms with Crippen molar-refractivity contribution in [2.24, 2.45) is 7.05 Å². The highest BCUT2D eigenvalue weighted by molar-refractivity contribution is 5.99. The lowest BCUT2D eigenvalue weighted by Crippen LogP contribution is -2.46. The van der Waals surface area contributed by atoms with Crippen molar-refractivity contribution in [2.75, 3.05) is 45.1 Å². The van der Waals surface area contributed by atoms with Crippen LogP contribution in [0.3, 0.4) is 0 Å². The number of carbonyl (C=O) groups is 1. The number of amides is 1. The van der Waals surface area contributed by atoms with Crippen LogP contribution >= 0.6 is 0 Å². The van der Waals surface area contributed by atoms with Crippen LogP contribution in [0.25, 0.3) is 22.3 Å². The molecule has 2 aliphatic heterocycles. The van der Waals surface area contributed by atoms with Gasteiger partial charge in [-0.1, -0.05) is 0 Å². The summed E-state index contributed by atoms with van der Waals surface area (Å²) in [4.78, 5) is 23.3. The largest absolute Gasteiger partial charge is 0.387 e. The van der Waals surface area contributed by atoms with Crippen molar-refractivity contribution >= 4 is 22.8 Å². The van der Waals surface area contributed by atoms with Crippen LogP contribution in [0.2, 0.25) is 0 Å². The van der Waals surface area contributed by atoms with Crippen LogP contribution in [0.15, 0.2) is 24.8 Å². The molecule has 0 aromatic carbocycles. The number of nitrogens with one attached hydrogen (secondary N) is 1. The molecule has 34 heavy (non-hydrogen) atoms. The van der Waals surface area contributed by atoms with E-state index in [1.54, 1.807) is 28.7 Å². The maximum atomic E-state index is 12.7. The fourth-order valence-electron chi connectivity index (χ4n) is 4.42. The molecule has 5 heterocycles. The van der Waals surface area contributed by atoms with Crippen LogP contribution < -0.4 is 11.1 Å². The lowest BCUT2D eigenvalue weighted by atomic mass is 10.1. The van der Waals surface area contributed by atoms with Gasteiger partial charge in [0.15, 0.2) is 12.3 Å². The molecule has 182 valence electrons. The normalized spacial score (nSPS) is 25.7. The third kappa shape index (κ3) is 4.12. The highest BCUT2D eigenvalue weighted by atomic mass is 16.6. The third-order valence-corrected chi connectivity index (χ3v) is 6.23. The fraction of sp³-hybridized carbons (Fsp3) is 0.524. The van der Waals surface area contributed by atoms with Gasteiger partial charge in [0.1, 0.15) is 30.0 Å². The number of rotatable bonds is 6. The van der Waals surface area contributed by atoms with Gasteiger partial charge in [-0.3, -0.25) is 14.4 Å². The second kappa shape index (κ2) is 9.27. The summed E-state index contributed by atoms with van der Waals surface area (Å²) in [6.45, 7) is 4.02. The monoisotopic (exact) mass is 472 g/mol. The smallest absolute Gasteiger partial charge is 0.252 e. The van der Waals surface area contributed by atoms with E-state index in [2.05, 4.69) is 25.3 Å². The lowest BCUT2D eigenvalue weighted by molar-refractivity contribution is -0.137. The number of ether oxygens (including phenoxy) is 2. The van der Waals surface area contributed by atoms with E-state index in [4.69, 9.17) is 15.2 Å². The Hall–Kier alpha value is -3.10. The number of aliphatic hydroxyl groups is 2. The summed E-state index contributed by atoms with van der Waals surface area (Å²) in [7, 11) is 1.80. The average molecular weight is 473 g/mol. The summed E-state index contributed by atoms with van der Waals surface area (Å²) in [6, 6.07) is 1.82. The first-order valence-electron chi connectivity index (χ1n) is 11.1. The summed E-state index contributed by atoms with van der Waals surface area (Å²) in [6.07, 6.45) is -0.276. The third-order valence-electron chi connectivity index (χ3n) is 6.23.